The lowest BCUT2D eigenvalue weighted by Crippen LogP contribution is -2.58. The molecular weight excluding hydrogens is 426 g/mol. The predicted octanol–water partition coefficient (Wildman–Crippen LogP) is 4.76. The standard InChI is InChI=1S/C23H18ClN3O3.C2H6/c24-18-6-4-17(5-7-18)23-14-20-19(2-1-10-25-20)22(29)27(23)12-11-26(23)21(28)8-3-16-9-13-30-15-16;1-2/h1-10,13,15H,11-12,14H2;1-2H3/b8-3+;. The molecule has 0 N–H and O–H groups in total. The third-order valence-electron chi connectivity index (χ3n) is 5.75. The summed E-state index contributed by atoms with van der Waals surface area (Å²) in [5.41, 5.74) is 1.96. The Balaban J connectivity index is 0.00000119. The molecule has 1 unspecified atom stereocenters. The molecule has 2 aliphatic rings. The summed E-state index contributed by atoms with van der Waals surface area (Å²) in [5.74, 6) is -0.297. The van der Waals surface area contributed by atoms with Crippen LogP contribution in [0, 0.1) is 0 Å². The van der Waals surface area contributed by atoms with Gasteiger partial charge in [-0.2, -0.15) is 0 Å². The highest BCUT2D eigenvalue weighted by atomic mass is 35.5. The summed E-state index contributed by atoms with van der Waals surface area (Å²) in [4.78, 5) is 34.6. The van der Waals surface area contributed by atoms with E-state index in [-0.39, 0.29) is 11.8 Å². The van der Waals surface area contributed by atoms with Crippen molar-refractivity contribution in [2.24, 2.45) is 0 Å². The largest absolute Gasteiger partial charge is 0.472 e. The van der Waals surface area contributed by atoms with E-state index in [9.17, 15) is 9.59 Å². The minimum atomic E-state index is -0.944. The monoisotopic (exact) mass is 449 g/mol. The first-order valence-corrected chi connectivity index (χ1v) is 11.0. The number of carbonyl (C=O) groups excluding carboxylic acids is 2. The van der Waals surface area contributed by atoms with Crippen LogP contribution in [-0.4, -0.2) is 39.7 Å². The molecule has 164 valence electrons. The van der Waals surface area contributed by atoms with Gasteiger partial charge in [-0.15, -0.1) is 0 Å². The number of carbonyl (C=O) groups is 2. The average Bonchev–Trinajstić information content (AvgIpc) is 3.48. The Labute approximate surface area is 192 Å². The van der Waals surface area contributed by atoms with E-state index < -0.39 is 5.66 Å². The SMILES string of the molecule is CC.O=C(/C=C/c1ccoc1)N1CCN2C(=O)c3cccnc3CC12c1ccc(Cl)cc1. The molecule has 1 saturated heterocycles. The molecule has 7 heteroatoms. The zero-order valence-electron chi connectivity index (χ0n) is 18.0. The van der Waals surface area contributed by atoms with Crippen molar-refractivity contribution in [3.05, 3.63) is 94.7 Å². The van der Waals surface area contributed by atoms with Crippen LogP contribution in [0.2, 0.25) is 5.02 Å². The topological polar surface area (TPSA) is 66.7 Å². The third-order valence-corrected chi connectivity index (χ3v) is 6.01. The second-order valence-electron chi connectivity index (χ2n) is 7.33. The van der Waals surface area contributed by atoms with Crippen molar-refractivity contribution >= 4 is 29.5 Å². The van der Waals surface area contributed by atoms with Crippen molar-refractivity contribution in [1.29, 1.82) is 0 Å². The van der Waals surface area contributed by atoms with Crippen LogP contribution in [0.5, 0.6) is 0 Å². The molecule has 0 spiro atoms. The summed E-state index contributed by atoms with van der Waals surface area (Å²) >= 11 is 6.11. The number of hydrogen-bond donors (Lipinski definition) is 0. The average molecular weight is 450 g/mol. The maximum atomic E-state index is 13.3. The number of nitrogens with zero attached hydrogens (tertiary/aromatic N) is 3. The lowest BCUT2D eigenvalue weighted by molar-refractivity contribution is -0.134. The zero-order valence-corrected chi connectivity index (χ0v) is 18.7. The van der Waals surface area contributed by atoms with Gasteiger partial charge in [0.05, 0.1) is 23.8 Å². The first-order chi connectivity index (χ1) is 15.6. The van der Waals surface area contributed by atoms with Crippen LogP contribution in [-0.2, 0) is 16.9 Å². The number of benzene rings is 1. The van der Waals surface area contributed by atoms with Crippen molar-refractivity contribution in [2.45, 2.75) is 25.9 Å². The maximum absolute atomic E-state index is 13.3. The third kappa shape index (κ3) is 3.60. The summed E-state index contributed by atoms with van der Waals surface area (Å²) in [6.45, 7) is 4.87. The molecule has 1 aromatic carbocycles. The van der Waals surface area contributed by atoms with Crippen molar-refractivity contribution < 1.29 is 14.0 Å². The minimum Gasteiger partial charge on any atom is -0.472 e. The number of aromatic nitrogens is 1. The van der Waals surface area contributed by atoms with E-state index in [1.165, 1.54) is 6.08 Å². The van der Waals surface area contributed by atoms with Crippen molar-refractivity contribution in [2.75, 3.05) is 13.1 Å². The van der Waals surface area contributed by atoms with E-state index in [4.69, 9.17) is 16.0 Å². The summed E-state index contributed by atoms with van der Waals surface area (Å²) in [7, 11) is 0. The lowest BCUT2D eigenvalue weighted by Gasteiger charge is -2.46. The molecule has 6 nitrogen and oxygen atoms in total. The van der Waals surface area contributed by atoms with E-state index in [0.717, 1.165) is 11.1 Å². The number of rotatable bonds is 3. The Morgan fingerprint density at radius 1 is 1.16 bits per heavy atom. The second kappa shape index (κ2) is 9.01. The number of amides is 2. The van der Waals surface area contributed by atoms with Crippen LogP contribution in [0.1, 0.15) is 41.0 Å². The molecule has 4 heterocycles. The highest BCUT2D eigenvalue weighted by molar-refractivity contribution is 6.30. The van der Waals surface area contributed by atoms with E-state index in [2.05, 4.69) is 4.98 Å². The van der Waals surface area contributed by atoms with Crippen LogP contribution in [0.3, 0.4) is 0 Å². The molecule has 0 bridgehead atoms. The van der Waals surface area contributed by atoms with E-state index in [0.29, 0.717) is 35.8 Å². The van der Waals surface area contributed by atoms with Gasteiger partial charge in [-0.05, 0) is 42.0 Å². The van der Waals surface area contributed by atoms with E-state index >= 15 is 0 Å². The molecule has 32 heavy (non-hydrogen) atoms. The van der Waals surface area contributed by atoms with Gasteiger partial charge < -0.3 is 14.2 Å². The summed E-state index contributed by atoms with van der Waals surface area (Å²) in [6, 6.07) is 12.6. The molecule has 0 aliphatic carbocycles. The van der Waals surface area contributed by atoms with Crippen LogP contribution < -0.4 is 0 Å². The molecule has 2 aliphatic heterocycles. The summed E-state index contributed by atoms with van der Waals surface area (Å²) in [5, 5.41) is 0.595. The Kier molecular flexibility index (Phi) is 6.15. The highest BCUT2D eigenvalue weighted by Crippen LogP contribution is 2.44. The van der Waals surface area contributed by atoms with Gasteiger partial charge in [0.1, 0.15) is 5.66 Å². The van der Waals surface area contributed by atoms with Gasteiger partial charge in [0.25, 0.3) is 5.91 Å². The number of furan rings is 1. The van der Waals surface area contributed by atoms with Gasteiger partial charge in [0.15, 0.2) is 0 Å². The first-order valence-electron chi connectivity index (χ1n) is 10.6. The number of pyridine rings is 1. The molecule has 2 aromatic heterocycles. The Bertz CT molecular complexity index is 1140. The van der Waals surface area contributed by atoms with Crippen molar-refractivity contribution in [1.82, 2.24) is 14.8 Å². The Morgan fingerprint density at radius 3 is 2.66 bits per heavy atom. The van der Waals surface area contributed by atoms with Gasteiger partial charge >= 0.3 is 0 Å². The van der Waals surface area contributed by atoms with Crippen LogP contribution in [0.4, 0.5) is 0 Å². The second-order valence-corrected chi connectivity index (χ2v) is 7.77. The molecule has 1 fully saturated rings. The summed E-state index contributed by atoms with van der Waals surface area (Å²) < 4.78 is 5.06. The fourth-order valence-corrected chi connectivity index (χ4v) is 4.50. The molecular formula is C25H24ClN3O3. The van der Waals surface area contributed by atoms with Crippen LogP contribution >= 0.6 is 11.6 Å². The Hall–Kier alpha value is -3.38. The molecule has 0 saturated carbocycles. The highest BCUT2D eigenvalue weighted by Gasteiger charge is 2.55. The van der Waals surface area contributed by atoms with E-state index in [1.54, 1.807) is 64.9 Å². The van der Waals surface area contributed by atoms with Gasteiger partial charge in [-0.3, -0.25) is 14.6 Å². The van der Waals surface area contributed by atoms with Gasteiger partial charge in [-0.1, -0.05) is 37.6 Å². The predicted molar refractivity (Wildman–Crippen MR) is 123 cm³/mol. The minimum absolute atomic E-state index is 0.117. The normalized spacial score (nSPS) is 19.4. The molecule has 2 amide bonds. The van der Waals surface area contributed by atoms with Crippen molar-refractivity contribution in [3.63, 3.8) is 0 Å². The number of hydrogen-bond acceptors (Lipinski definition) is 4. The molecule has 5 rings (SSSR count). The fourth-order valence-electron chi connectivity index (χ4n) is 4.38. The van der Waals surface area contributed by atoms with E-state index in [1.807, 2.05) is 26.0 Å². The van der Waals surface area contributed by atoms with Crippen LogP contribution in [0.15, 0.2) is 71.7 Å². The first kappa shape index (κ1) is 21.8. The molecule has 3 aromatic rings. The fraction of sp³-hybridized carbons (Fsp3) is 0.240. The van der Waals surface area contributed by atoms with Crippen molar-refractivity contribution in [3.8, 4) is 0 Å². The number of halogens is 1. The molecule has 0 radical (unpaired) electrons. The summed E-state index contributed by atoms with van der Waals surface area (Å²) in [6.07, 6.45) is 8.45. The molecule has 1 atom stereocenters. The quantitative estimate of drug-likeness (QED) is 0.540. The van der Waals surface area contributed by atoms with Gasteiger partial charge in [0.2, 0.25) is 5.91 Å². The number of fused-ring (bicyclic) bond motifs is 2. The lowest BCUT2D eigenvalue weighted by atomic mass is 9.86. The maximum Gasteiger partial charge on any atom is 0.257 e. The van der Waals surface area contributed by atoms with Gasteiger partial charge in [0, 0.05) is 42.4 Å². The van der Waals surface area contributed by atoms with Gasteiger partial charge in [-0.25, -0.2) is 0 Å². The smallest absolute Gasteiger partial charge is 0.257 e. The zero-order chi connectivity index (χ0) is 22.7. The Morgan fingerprint density at radius 2 is 1.94 bits per heavy atom. The van der Waals surface area contributed by atoms with Crippen LogP contribution in [0.25, 0.3) is 6.08 Å².